The van der Waals surface area contributed by atoms with E-state index in [1.54, 1.807) is 19.3 Å². The minimum Gasteiger partial charge on any atom is -0.461 e. The lowest BCUT2D eigenvalue weighted by atomic mass is 10.1. The van der Waals surface area contributed by atoms with Gasteiger partial charge in [-0.2, -0.15) is 0 Å². The van der Waals surface area contributed by atoms with Crippen molar-refractivity contribution in [3.63, 3.8) is 0 Å². The van der Waals surface area contributed by atoms with E-state index in [1.807, 2.05) is 41.0 Å². The van der Waals surface area contributed by atoms with E-state index in [9.17, 15) is 9.59 Å². The zero-order valence-corrected chi connectivity index (χ0v) is 19.4. The summed E-state index contributed by atoms with van der Waals surface area (Å²) < 4.78 is 7.40. The quantitative estimate of drug-likeness (QED) is 0.382. The van der Waals surface area contributed by atoms with Crippen molar-refractivity contribution in [3.05, 3.63) is 64.7 Å². The van der Waals surface area contributed by atoms with Gasteiger partial charge in [-0.1, -0.05) is 30.0 Å². The Hall–Kier alpha value is -3.37. The average Bonchev–Trinajstić information content (AvgIpc) is 3.58. The van der Waals surface area contributed by atoms with Crippen LogP contribution in [0.2, 0.25) is 0 Å². The number of fused-ring (bicyclic) bond motifs is 1. The summed E-state index contributed by atoms with van der Waals surface area (Å²) in [5.41, 5.74) is 7.91. The molecule has 33 heavy (non-hydrogen) atoms. The van der Waals surface area contributed by atoms with Gasteiger partial charge >= 0.3 is 0 Å². The van der Waals surface area contributed by atoms with Crippen LogP contribution in [0.25, 0.3) is 17.3 Å². The van der Waals surface area contributed by atoms with E-state index in [-0.39, 0.29) is 5.91 Å². The fourth-order valence-electron chi connectivity index (χ4n) is 3.90. The van der Waals surface area contributed by atoms with Gasteiger partial charge in [0.1, 0.15) is 5.00 Å². The number of hydrogen-bond donors (Lipinski definition) is 2. The number of nitrogens with one attached hydrogen (secondary N) is 1. The summed E-state index contributed by atoms with van der Waals surface area (Å²) in [4.78, 5) is 26.2. The number of aromatic nitrogens is 3. The predicted octanol–water partition coefficient (Wildman–Crippen LogP) is 4.30. The number of anilines is 1. The van der Waals surface area contributed by atoms with Crippen LogP contribution in [0.5, 0.6) is 0 Å². The Bertz CT molecular complexity index is 1310. The second-order valence-electron chi connectivity index (χ2n) is 7.63. The lowest BCUT2D eigenvalue weighted by Gasteiger charge is -2.13. The first-order chi connectivity index (χ1) is 16.0. The molecule has 5 rings (SSSR count). The maximum Gasteiger partial charge on any atom is 0.251 e. The summed E-state index contributed by atoms with van der Waals surface area (Å²) in [6, 6.07) is 13.3. The Balaban J connectivity index is 1.41. The summed E-state index contributed by atoms with van der Waals surface area (Å²) in [6.45, 7) is 1.79. The average molecular weight is 480 g/mol. The molecule has 0 spiro atoms. The molecular weight excluding hydrogens is 458 g/mol. The third-order valence-electron chi connectivity index (χ3n) is 5.45. The molecule has 0 aliphatic heterocycles. The molecule has 4 aromatic rings. The van der Waals surface area contributed by atoms with Crippen molar-refractivity contribution in [1.29, 1.82) is 0 Å². The standard InChI is InChI=1S/C23H21N5O3S2/c1-13(21(30)25-22-18(19(24)29)15-9-5-11-17(15)33-22)32-23-27-26-20(16-10-6-12-31-16)28(23)14-7-3-2-4-8-14/h2-4,6-8,10,12-13H,5,9,11H2,1H3,(H2,24,29)(H,25,30)/t13-/m1/s1. The molecule has 2 amide bonds. The molecule has 0 saturated heterocycles. The number of benzene rings is 1. The van der Waals surface area contributed by atoms with E-state index in [0.717, 1.165) is 35.4 Å². The molecule has 3 aromatic heterocycles. The smallest absolute Gasteiger partial charge is 0.251 e. The zero-order valence-electron chi connectivity index (χ0n) is 17.8. The van der Waals surface area contributed by atoms with Crippen molar-refractivity contribution >= 4 is 39.9 Å². The first-order valence-corrected chi connectivity index (χ1v) is 12.2. The third-order valence-corrected chi connectivity index (χ3v) is 7.70. The van der Waals surface area contributed by atoms with Crippen molar-refractivity contribution in [2.45, 2.75) is 36.6 Å². The summed E-state index contributed by atoms with van der Waals surface area (Å²) in [5.74, 6) is 0.392. The van der Waals surface area contributed by atoms with E-state index < -0.39 is 11.2 Å². The van der Waals surface area contributed by atoms with E-state index in [4.69, 9.17) is 10.2 Å². The van der Waals surface area contributed by atoms with E-state index in [1.165, 1.54) is 23.1 Å². The van der Waals surface area contributed by atoms with Crippen LogP contribution >= 0.6 is 23.1 Å². The number of primary amides is 1. The minimum absolute atomic E-state index is 0.232. The van der Waals surface area contributed by atoms with E-state index in [0.29, 0.717) is 27.3 Å². The number of carbonyl (C=O) groups is 2. The lowest BCUT2D eigenvalue weighted by molar-refractivity contribution is -0.115. The van der Waals surface area contributed by atoms with Crippen molar-refractivity contribution in [2.75, 3.05) is 5.32 Å². The van der Waals surface area contributed by atoms with Crippen LogP contribution in [0.4, 0.5) is 5.00 Å². The van der Waals surface area contributed by atoms with Gasteiger partial charge in [-0.25, -0.2) is 0 Å². The SMILES string of the molecule is C[C@@H](Sc1nnc(-c2ccco2)n1-c1ccccc1)C(=O)Nc1sc2c(c1C(N)=O)CCC2. The first-order valence-electron chi connectivity index (χ1n) is 10.5. The molecule has 0 radical (unpaired) electrons. The Labute approximate surface area is 198 Å². The monoisotopic (exact) mass is 479 g/mol. The highest BCUT2D eigenvalue weighted by Crippen LogP contribution is 2.39. The number of para-hydroxylation sites is 1. The Morgan fingerprint density at radius 1 is 1.18 bits per heavy atom. The van der Waals surface area contributed by atoms with Gasteiger partial charge in [0.05, 0.1) is 17.1 Å². The van der Waals surface area contributed by atoms with Gasteiger partial charge in [0.25, 0.3) is 5.91 Å². The number of rotatable bonds is 7. The number of hydrogen-bond acceptors (Lipinski definition) is 7. The lowest BCUT2D eigenvalue weighted by Crippen LogP contribution is -2.24. The summed E-state index contributed by atoms with van der Waals surface area (Å²) in [7, 11) is 0. The molecule has 1 aliphatic rings. The van der Waals surface area contributed by atoms with Gasteiger partial charge in [-0.3, -0.25) is 14.2 Å². The number of aryl methyl sites for hydroxylation is 1. The van der Waals surface area contributed by atoms with Gasteiger partial charge in [0.2, 0.25) is 11.7 Å². The first kappa shape index (κ1) is 21.5. The molecule has 168 valence electrons. The number of carbonyl (C=O) groups excluding carboxylic acids is 2. The van der Waals surface area contributed by atoms with E-state index >= 15 is 0 Å². The van der Waals surface area contributed by atoms with Crippen LogP contribution in [0.3, 0.4) is 0 Å². The van der Waals surface area contributed by atoms with Crippen molar-refractivity contribution in [3.8, 4) is 17.3 Å². The Kier molecular flexibility index (Phi) is 5.77. The van der Waals surface area contributed by atoms with Crippen LogP contribution in [0.1, 0.15) is 34.1 Å². The molecule has 1 atom stereocenters. The molecule has 0 bridgehead atoms. The molecule has 0 saturated carbocycles. The summed E-state index contributed by atoms with van der Waals surface area (Å²) in [5, 5.41) is 12.1. The van der Waals surface area contributed by atoms with Gasteiger partial charge in [-0.05, 0) is 56.0 Å². The fraction of sp³-hybridized carbons (Fsp3) is 0.217. The normalized spacial score (nSPS) is 13.6. The second kappa shape index (κ2) is 8.87. The molecule has 8 nitrogen and oxygen atoms in total. The van der Waals surface area contributed by atoms with Crippen molar-refractivity contribution in [2.24, 2.45) is 5.73 Å². The summed E-state index contributed by atoms with van der Waals surface area (Å²) >= 11 is 2.72. The Morgan fingerprint density at radius 2 is 2.00 bits per heavy atom. The maximum absolute atomic E-state index is 13.0. The van der Waals surface area contributed by atoms with Crippen LogP contribution in [0, 0.1) is 0 Å². The molecule has 0 fully saturated rings. The second-order valence-corrected chi connectivity index (χ2v) is 10.0. The van der Waals surface area contributed by atoms with Gasteiger partial charge in [-0.15, -0.1) is 21.5 Å². The molecule has 3 heterocycles. The van der Waals surface area contributed by atoms with Crippen LogP contribution < -0.4 is 11.1 Å². The molecule has 0 unspecified atom stereocenters. The topological polar surface area (TPSA) is 116 Å². The fourth-order valence-corrected chi connectivity index (χ4v) is 6.06. The number of thioether (sulfide) groups is 1. The minimum atomic E-state index is -0.503. The number of thiophene rings is 1. The highest BCUT2D eigenvalue weighted by molar-refractivity contribution is 8.00. The van der Waals surface area contributed by atoms with Crippen molar-refractivity contribution in [1.82, 2.24) is 14.8 Å². The predicted molar refractivity (Wildman–Crippen MR) is 128 cm³/mol. The zero-order chi connectivity index (χ0) is 22.9. The van der Waals surface area contributed by atoms with Gasteiger partial charge < -0.3 is 15.5 Å². The number of nitrogens with zero attached hydrogens (tertiary/aromatic N) is 3. The molecule has 3 N–H and O–H groups in total. The third kappa shape index (κ3) is 4.07. The maximum atomic E-state index is 13.0. The van der Waals surface area contributed by atoms with Crippen LogP contribution in [-0.4, -0.2) is 31.8 Å². The Morgan fingerprint density at radius 3 is 2.73 bits per heavy atom. The summed E-state index contributed by atoms with van der Waals surface area (Å²) in [6.07, 6.45) is 4.32. The van der Waals surface area contributed by atoms with Crippen LogP contribution in [0.15, 0.2) is 58.3 Å². The highest BCUT2D eigenvalue weighted by Gasteiger charge is 2.28. The van der Waals surface area contributed by atoms with Gasteiger partial charge in [0.15, 0.2) is 10.9 Å². The molecular formula is C23H21N5O3S2. The number of nitrogens with two attached hydrogens (primary N) is 1. The van der Waals surface area contributed by atoms with E-state index in [2.05, 4.69) is 15.5 Å². The van der Waals surface area contributed by atoms with Crippen LogP contribution in [-0.2, 0) is 17.6 Å². The number of amides is 2. The largest absolute Gasteiger partial charge is 0.461 e. The molecule has 1 aromatic carbocycles. The number of furan rings is 1. The molecule has 1 aliphatic carbocycles. The highest BCUT2D eigenvalue weighted by atomic mass is 32.2. The molecule has 10 heteroatoms. The van der Waals surface area contributed by atoms with Gasteiger partial charge in [0, 0.05) is 10.6 Å². The van der Waals surface area contributed by atoms with Crippen molar-refractivity contribution < 1.29 is 14.0 Å².